The first-order valence-electron chi connectivity index (χ1n) is 8.64. The lowest BCUT2D eigenvalue weighted by atomic mass is 9.86. The summed E-state index contributed by atoms with van der Waals surface area (Å²) < 4.78 is 11.5. The maximum atomic E-state index is 12.0. The molecule has 2 atom stereocenters. The van der Waals surface area contributed by atoms with Crippen molar-refractivity contribution in [3.63, 3.8) is 0 Å². The molecule has 0 aromatic heterocycles. The van der Waals surface area contributed by atoms with Crippen LogP contribution in [0.1, 0.15) is 45.2 Å². The lowest BCUT2D eigenvalue weighted by Gasteiger charge is -2.33. The molecule has 0 saturated carbocycles. The van der Waals surface area contributed by atoms with Crippen LogP contribution in [0.25, 0.3) is 0 Å². The van der Waals surface area contributed by atoms with E-state index in [2.05, 4.69) is 24.1 Å². The lowest BCUT2D eigenvalue weighted by Crippen LogP contribution is -2.50. The van der Waals surface area contributed by atoms with Crippen LogP contribution in [0.2, 0.25) is 0 Å². The largest absolute Gasteiger partial charge is 0.490 e. The predicted octanol–water partition coefficient (Wildman–Crippen LogP) is 3.34. The Labute approximate surface area is 148 Å². The highest BCUT2D eigenvalue weighted by Gasteiger charge is 2.36. The van der Waals surface area contributed by atoms with Crippen molar-refractivity contribution >= 4 is 11.8 Å². The Morgan fingerprint density at radius 3 is 2.64 bits per heavy atom. The average molecular weight is 346 g/mol. The van der Waals surface area contributed by atoms with E-state index in [0.717, 1.165) is 18.4 Å². The van der Waals surface area contributed by atoms with Crippen molar-refractivity contribution in [1.29, 1.82) is 0 Å². The predicted molar refractivity (Wildman–Crippen MR) is 95.7 cm³/mol. The maximum absolute atomic E-state index is 12.0. The maximum Gasteiger partial charge on any atom is 0.319 e. The molecule has 1 saturated heterocycles. The van der Waals surface area contributed by atoms with Gasteiger partial charge in [0, 0.05) is 5.70 Å². The standard InChI is InChI=1S/C19H26N2O4/c1-5-7-10-25-15-9-8-14(11-16(15)24-6-2)18-17(13(4)22)12(3)20-19(23)21-18/h8-9,11,17-18H,3,5-7,10H2,1-2,4H3,(H2,20,21,23)/t17-,18+/m1/s1. The molecule has 0 bridgehead atoms. The molecule has 1 fully saturated rings. The third-order valence-electron chi connectivity index (χ3n) is 4.09. The van der Waals surface area contributed by atoms with Gasteiger partial charge in [0.15, 0.2) is 11.5 Å². The van der Waals surface area contributed by atoms with Gasteiger partial charge in [0.1, 0.15) is 5.78 Å². The van der Waals surface area contributed by atoms with Gasteiger partial charge in [0.05, 0.1) is 25.2 Å². The number of benzene rings is 1. The number of carbonyl (C=O) groups excluding carboxylic acids is 2. The molecular weight excluding hydrogens is 320 g/mol. The number of amides is 2. The van der Waals surface area contributed by atoms with Crippen LogP contribution in [0.4, 0.5) is 4.79 Å². The Morgan fingerprint density at radius 2 is 2.00 bits per heavy atom. The van der Waals surface area contributed by atoms with Gasteiger partial charge in [-0.25, -0.2) is 4.79 Å². The summed E-state index contributed by atoms with van der Waals surface area (Å²) in [5.41, 5.74) is 1.19. The van der Waals surface area contributed by atoms with Gasteiger partial charge in [0.25, 0.3) is 0 Å². The van der Waals surface area contributed by atoms with Crippen LogP contribution >= 0.6 is 0 Å². The Balaban J connectivity index is 2.32. The van der Waals surface area contributed by atoms with Gasteiger partial charge in [0.2, 0.25) is 0 Å². The second kappa shape index (κ2) is 8.55. The Morgan fingerprint density at radius 1 is 1.24 bits per heavy atom. The number of unbranched alkanes of at least 4 members (excludes halogenated alkanes) is 1. The fraction of sp³-hybridized carbons (Fsp3) is 0.474. The number of urea groups is 1. The SMILES string of the molecule is C=C1NC(=O)N[C@@H](c2ccc(OCCCC)c(OCC)c2)[C@H]1C(C)=O. The molecule has 2 amide bonds. The van der Waals surface area contributed by atoms with Gasteiger partial charge >= 0.3 is 6.03 Å². The van der Waals surface area contributed by atoms with Gasteiger partial charge in [-0.2, -0.15) is 0 Å². The Kier molecular flexibility index (Phi) is 6.44. The first kappa shape index (κ1) is 18.8. The van der Waals surface area contributed by atoms with Gasteiger partial charge in [-0.15, -0.1) is 0 Å². The first-order chi connectivity index (χ1) is 12.0. The normalized spacial score (nSPS) is 19.8. The summed E-state index contributed by atoms with van der Waals surface area (Å²) in [5.74, 6) is 0.678. The van der Waals surface area contributed by atoms with E-state index in [-0.39, 0.29) is 11.8 Å². The second-order valence-electron chi connectivity index (χ2n) is 6.03. The number of hydrogen-bond acceptors (Lipinski definition) is 4. The number of carbonyl (C=O) groups is 2. The van der Waals surface area contributed by atoms with Crippen molar-refractivity contribution in [3.8, 4) is 11.5 Å². The van der Waals surface area contributed by atoms with Gasteiger partial charge in [-0.3, -0.25) is 4.79 Å². The molecule has 1 aromatic carbocycles. The summed E-state index contributed by atoms with van der Waals surface area (Å²) in [6, 6.07) is 4.65. The van der Waals surface area contributed by atoms with Crippen molar-refractivity contribution in [2.24, 2.45) is 5.92 Å². The molecule has 2 N–H and O–H groups in total. The summed E-state index contributed by atoms with van der Waals surface area (Å²) in [4.78, 5) is 23.9. The number of nitrogens with one attached hydrogen (secondary N) is 2. The van der Waals surface area contributed by atoms with Crippen molar-refractivity contribution in [2.75, 3.05) is 13.2 Å². The third kappa shape index (κ3) is 4.53. The molecule has 136 valence electrons. The Bertz CT molecular complexity index is 657. The number of ether oxygens (including phenoxy) is 2. The summed E-state index contributed by atoms with van der Waals surface area (Å²) in [6.07, 6.45) is 2.01. The molecule has 1 heterocycles. The Hall–Kier alpha value is -2.50. The molecule has 6 nitrogen and oxygen atoms in total. The topological polar surface area (TPSA) is 76.7 Å². The third-order valence-corrected chi connectivity index (χ3v) is 4.09. The number of hydrogen-bond donors (Lipinski definition) is 2. The summed E-state index contributed by atoms with van der Waals surface area (Å²) in [6.45, 7) is 10.4. The minimum atomic E-state index is -0.529. The van der Waals surface area contributed by atoms with E-state index in [4.69, 9.17) is 9.47 Å². The van der Waals surface area contributed by atoms with Crippen molar-refractivity contribution in [3.05, 3.63) is 36.0 Å². The summed E-state index contributed by atoms with van der Waals surface area (Å²) >= 11 is 0. The quantitative estimate of drug-likeness (QED) is 0.708. The van der Waals surface area contributed by atoms with Crippen LogP contribution in [-0.4, -0.2) is 25.0 Å². The zero-order chi connectivity index (χ0) is 18.4. The number of Topliss-reactive ketones (excluding diaryl/α,β-unsaturated/α-hetero) is 1. The van der Waals surface area contributed by atoms with Crippen LogP contribution in [-0.2, 0) is 4.79 Å². The smallest absolute Gasteiger partial charge is 0.319 e. The van der Waals surface area contributed by atoms with Crippen molar-refractivity contribution < 1.29 is 19.1 Å². The first-order valence-corrected chi connectivity index (χ1v) is 8.64. The molecule has 0 radical (unpaired) electrons. The highest BCUT2D eigenvalue weighted by molar-refractivity contribution is 5.88. The van der Waals surface area contributed by atoms with E-state index >= 15 is 0 Å². The second-order valence-corrected chi connectivity index (χ2v) is 6.03. The fourth-order valence-corrected chi connectivity index (χ4v) is 2.87. The van der Waals surface area contributed by atoms with E-state index in [1.807, 2.05) is 25.1 Å². The van der Waals surface area contributed by atoms with Gasteiger partial charge < -0.3 is 20.1 Å². The lowest BCUT2D eigenvalue weighted by molar-refractivity contribution is -0.120. The molecule has 25 heavy (non-hydrogen) atoms. The highest BCUT2D eigenvalue weighted by atomic mass is 16.5. The summed E-state index contributed by atoms with van der Waals surface area (Å²) in [7, 11) is 0. The minimum absolute atomic E-state index is 0.0660. The highest BCUT2D eigenvalue weighted by Crippen LogP contribution is 2.36. The molecular formula is C19H26N2O4. The number of rotatable bonds is 8. The van der Waals surface area contributed by atoms with Crippen LogP contribution in [0, 0.1) is 5.92 Å². The molecule has 0 spiro atoms. The van der Waals surface area contributed by atoms with E-state index in [1.165, 1.54) is 6.92 Å². The molecule has 6 heteroatoms. The zero-order valence-electron chi connectivity index (χ0n) is 15.1. The van der Waals surface area contributed by atoms with Crippen LogP contribution in [0.15, 0.2) is 30.5 Å². The average Bonchev–Trinajstić information content (AvgIpc) is 2.55. The van der Waals surface area contributed by atoms with Crippen molar-refractivity contribution in [2.45, 2.75) is 39.7 Å². The van der Waals surface area contributed by atoms with E-state index in [0.29, 0.717) is 30.4 Å². The molecule has 1 aromatic rings. The number of ketones is 1. The molecule has 0 unspecified atom stereocenters. The van der Waals surface area contributed by atoms with E-state index in [1.54, 1.807) is 0 Å². The van der Waals surface area contributed by atoms with Crippen LogP contribution in [0.5, 0.6) is 11.5 Å². The van der Waals surface area contributed by atoms with Gasteiger partial charge in [-0.05, 0) is 38.0 Å². The van der Waals surface area contributed by atoms with Crippen LogP contribution in [0.3, 0.4) is 0 Å². The minimum Gasteiger partial charge on any atom is -0.490 e. The zero-order valence-corrected chi connectivity index (χ0v) is 15.1. The summed E-state index contributed by atoms with van der Waals surface area (Å²) in [5, 5.41) is 5.38. The molecule has 0 aliphatic carbocycles. The molecule has 1 aliphatic heterocycles. The molecule has 2 rings (SSSR count). The van der Waals surface area contributed by atoms with E-state index in [9.17, 15) is 9.59 Å². The fourth-order valence-electron chi connectivity index (χ4n) is 2.87. The molecule has 1 aliphatic rings. The van der Waals surface area contributed by atoms with Crippen molar-refractivity contribution in [1.82, 2.24) is 10.6 Å². The van der Waals surface area contributed by atoms with E-state index < -0.39 is 12.0 Å². The monoisotopic (exact) mass is 346 g/mol. The van der Waals surface area contributed by atoms with Crippen LogP contribution < -0.4 is 20.1 Å². The van der Waals surface area contributed by atoms with Gasteiger partial charge in [-0.1, -0.05) is 26.0 Å².